The van der Waals surface area contributed by atoms with Gasteiger partial charge in [0, 0.05) is 0 Å². The second-order valence-electron chi connectivity index (χ2n) is 3.70. The van der Waals surface area contributed by atoms with E-state index in [1.807, 2.05) is 12.1 Å². The molecule has 0 radical (unpaired) electrons. The smallest absolute Gasteiger partial charge is 0.115 e. The molecule has 0 unspecified atom stereocenters. The average molecular weight is 190 g/mol. The fourth-order valence-corrected chi connectivity index (χ4v) is 1.42. The number of aromatic hydroxyl groups is 1. The van der Waals surface area contributed by atoms with Gasteiger partial charge in [0.25, 0.3) is 0 Å². The number of benzene rings is 1. The molecule has 1 aromatic carbocycles. The predicted octanol–water partition coefficient (Wildman–Crippen LogP) is 3.68. The third-order valence-electron chi connectivity index (χ3n) is 2.27. The van der Waals surface area contributed by atoms with Gasteiger partial charge < -0.3 is 5.11 Å². The average Bonchev–Trinajstić information content (AvgIpc) is 2.18. The van der Waals surface area contributed by atoms with E-state index in [9.17, 15) is 0 Å². The van der Waals surface area contributed by atoms with Gasteiger partial charge in [-0.1, -0.05) is 37.6 Å². The van der Waals surface area contributed by atoms with Crippen molar-refractivity contribution in [3.05, 3.63) is 42.0 Å². The van der Waals surface area contributed by atoms with Crippen LogP contribution in [0.5, 0.6) is 5.75 Å². The lowest BCUT2D eigenvalue weighted by Gasteiger charge is -2.04. The molecule has 1 nitrogen and oxygen atoms in total. The lowest BCUT2D eigenvalue weighted by Crippen LogP contribution is -1.89. The van der Waals surface area contributed by atoms with Crippen LogP contribution in [0.3, 0.4) is 0 Å². The van der Waals surface area contributed by atoms with Crippen LogP contribution in [0.4, 0.5) is 0 Å². The van der Waals surface area contributed by atoms with Gasteiger partial charge in [0.1, 0.15) is 5.75 Å². The minimum atomic E-state index is 0.327. The number of allylic oxidation sites excluding steroid dienone is 1. The first kappa shape index (κ1) is 10.8. The van der Waals surface area contributed by atoms with Crippen molar-refractivity contribution in [1.82, 2.24) is 0 Å². The lowest BCUT2D eigenvalue weighted by molar-refractivity contribution is 0.475. The molecule has 0 saturated heterocycles. The Hall–Kier alpha value is -1.24. The standard InChI is InChI=1S/C13H18O/c1-3-4-5-11(2)10-12-6-8-13(14)9-7-12/h6-9,14H,2-5,10H2,1H3. The molecule has 0 aromatic heterocycles. The molecule has 0 aliphatic rings. The van der Waals surface area contributed by atoms with Crippen molar-refractivity contribution >= 4 is 0 Å². The van der Waals surface area contributed by atoms with Crippen molar-refractivity contribution in [2.75, 3.05) is 0 Å². The van der Waals surface area contributed by atoms with Gasteiger partial charge >= 0.3 is 0 Å². The monoisotopic (exact) mass is 190 g/mol. The Morgan fingerprint density at radius 3 is 2.50 bits per heavy atom. The van der Waals surface area contributed by atoms with Crippen LogP contribution >= 0.6 is 0 Å². The SMILES string of the molecule is C=C(CCCC)Cc1ccc(O)cc1. The molecule has 1 heteroatoms. The van der Waals surface area contributed by atoms with E-state index in [2.05, 4.69) is 13.5 Å². The Kier molecular flexibility index (Phi) is 4.24. The van der Waals surface area contributed by atoms with E-state index in [1.54, 1.807) is 12.1 Å². The zero-order chi connectivity index (χ0) is 10.4. The summed E-state index contributed by atoms with van der Waals surface area (Å²) in [6, 6.07) is 7.35. The van der Waals surface area contributed by atoms with Gasteiger partial charge in [0.15, 0.2) is 0 Å². The zero-order valence-electron chi connectivity index (χ0n) is 8.79. The van der Waals surface area contributed by atoms with Crippen molar-refractivity contribution in [2.24, 2.45) is 0 Å². The molecule has 0 atom stereocenters. The number of phenolic OH excluding ortho intramolecular Hbond substituents is 1. The molecule has 0 bridgehead atoms. The summed E-state index contributed by atoms with van der Waals surface area (Å²) in [5.74, 6) is 0.327. The minimum absolute atomic E-state index is 0.327. The molecular formula is C13H18O. The van der Waals surface area contributed by atoms with Crippen molar-refractivity contribution in [3.8, 4) is 5.75 Å². The Morgan fingerprint density at radius 1 is 1.29 bits per heavy atom. The van der Waals surface area contributed by atoms with Crippen LogP contribution < -0.4 is 0 Å². The number of hydrogen-bond acceptors (Lipinski definition) is 1. The van der Waals surface area contributed by atoms with E-state index in [0.29, 0.717) is 5.75 Å². The Morgan fingerprint density at radius 2 is 1.93 bits per heavy atom. The van der Waals surface area contributed by atoms with E-state index in [1.165, 1.54) is 24.0 Å². The van der Waals surface area contributed by atoms with Gasteiger partial charge in [-0.2, -0.15) is 0 Å². The summed E-state index contributed by atoms with van der Waals surface area (Å²) in [4.78, 5) is 0. The summed E-state index contributed by atoms with van der Waals surface area (Å²) in [5.41, 5.74) is 2.50. The molecule has 14 heavy (non-hydrogen) atoms. The molecular weight excluding hydrogens is 172 g/mol. The topological polar surface area (TPSA) is 20.2 Å². The highest BCUT2D eigenvalue weighted by atomic mass is 16.3. The van der Waals surface area contributed by atoms with E-state index >= 15 is 0 Å². The van der Waals surface area contributed by atoms with Crippen LogP contribution in [0.15, 0.2) is 36.4 Å². The highest BCUT2D eigenvalue weighted by Crippen LogP contribution is 2.15. The highest BCUT2D eigenvalue weighted by Gasteiger charge is 1.97. The molecule has 0 saturated carbocycles. The molecule has 0 amide bonds. The molecule has 0 heterocycles. The number of unbranched alkanes of at least 4 members (excludes halogenated alkanes) is 1. The molecule has 0 spiro atoms. The zero-order valence-corrected chi connectivity index (χ0v) is 8.79. The first-order chi connectivity index (χ1) is 6.72. The van der Waals surface area contributed by atoms with Crippen LogP contribution in [-0.2, 0) is 6.42 Å². The van der Waals surface area contributed by atoms with Gasteiger partial charge in [0.05, 0.1) is 0 Å². The maximum atomic E-state index is 9.11. The first-order valence-electron chi connectivity index (χ1n) is 5.17. The fraction of sp³-hybridized carbons (Fsp3) is 0.385. The fourth-order valence-electron chi connectivity index (χ4n) is 1.42. The maximum absolute atomic E-state index is 9.11. The van der Waals surface area contributed by atoms with Crippen molar-refractivity contribution < 1.29 is 5.11 Å². The summed E-state index contributed by atoms with van der Waals surface area (Å²) in [6.07, 6.45) is 4.48. The summed E-state index contributed by atoms with van der Waals surface area (Å²) >= 11 is 0. The van der Waals surface area contributed by atoms with Gasteiger partial charge in [-0.05, 0) is 37.0 Å². The summed E-state index contributed by atoms with van der Waals surface area (Å²) < 4.78 is 0. The van der Waals surface area contributed by atoms with Gasteiger partial charge in [0.2, 0.25) is 0 Å². The Balaban J connectivity index is 2.44. The summed E-state index contributed by atoms with van der Waals surface area (Å²) in [5, 5.41) is 9.11. The summed E-state index contributed by atoms with van der Waals surface area (Å²) in [6.45, 7) is 6.24. The van der Waals surface area contributed by atoms with Crippen LogP contribution in [0, 0.1) is 0 Å². The molecule has 1 N–H and O–H groups in total. The normalized spacial score (nSPS) is 10.1. The van der Waals surface area contributed by atoms with Crippen LogP contribution in [0.1, 0.15) is 31.7 Å². The second-order valence-corrected chi connectivity index (χ2v) is 3.70. The van der Waals surface area contributed by atoms with Gasteiger partial charge in [-0.25, -0.2) is 0 Å². The van der Waals surface area contributed by atoms with Gasteiger partial charge in [-0.3, -0.25) is 0 Å². The molecule has 1 rings (SSSR count). The molecule has 1 aromatic rings. The first-order valence-corrected chi connectivity index (χ1v) is 5.17. The van der Waals surface area contributed by atoms with Crippen molar-refractivity contribution in [2.45, 2.75) is 32.6 Å². The van der Waals surface area contributed by atoms with Crippen molar-refractivity contribution in [3.63, 3.8) is 0 Å². The Labute approximate surface area is 86.1 Å². The third kappa shape index (κ3) is 3.65. The third-order valence-corrected chi connectivity index (χ3v) is 2.27. The number of hydrogen-bond donors (Lipinski definition) is 1. The molecule has 0 aliphatic carbocycles. The van der Waals surface area contributed by atoms with E-state index in [0.717, 1.165) is 12.8 Å². The summed E-state index contributed by atoms with van der Waals surface area (Å²) in [7, 11) is 0. The van der Waals surface area contributed by atoms with Gasteiger partial charge in [-0.15, -0.1) is 0 Å². The lowest BCUT2D eigenvalue weighted by atomic mass is 10.0. The quantitative estimate of drug-likeness (QED) is 0.702. The Bertz CT molecular complexity index is 285. The van der Waals surface area contributed by atoms with Crippen molar-refractivity contribution in [1.29, 1.82) is 0 Å². The molecule has 76 valence electrons. The minimum Gasteiger partial charge on any atom is -0.508 e. The molecule has 0 fully saturated rings. The highest BCUT2D eigenvalue weighted by molar-refractivity contribution is 5.28. The van der Waals surface area contributed by atoms with Crippen LogP contribution in [0.2, 0.25) is 0 Å². The van der Waals surface area contributed by atoms with Crippen LogP contribution in [0.25, 0.3) is 0 Å². The van der Waals surface area contributed by atoms with E-state index < -0.39 is 0 Å². The predicted molar refractivity (Wildman–Crippen MR) is 60.5 cm³/mol. The van der Waals surface area contributed by atoms with Crippen LogP contribution in [-0.4, -0.2) is 5.11 Å². The number of rotatable bonds is 5. The second kappa shape index (κ2) is 5.48. The largest absolute Gasteiger partial charge is 0.508 e. The van der Waals surface area contributed by atoms with E-state index in [4.69, 9.17) is 5.11 Å². The molecule has 0 aliphatic heterocycles. The number of phenols is 1. The maximum Gasteiger partial charge on any atom is 0.115 e. The van der Waals surface area contributed by atoms with E-state index in [-0.39, 0.29) is 0 Å².